The minimum atomic E-state index is -2.18. The van der Waals surface area contributed by atoms with Crippen molar-refractivity contribution < 1.29 is 15.0 Å². The van der Waals surface area contributed by atoms with Crippen molar-refractivity contribution >= 4 is 19.2 Å². The molecule has 0 aromatic heterocycles. The molecule has 0 bridgehead atoms. The number of aliphatic hydroxyl groups is 1. The van der Waals surface area contributed by atoms with E-state index in [0.29, 0.717) is 0 Å². The van der Waals surface area contributed by atoms with Gasteiger partial charge in [0, 0.05) is 0 Å². The van der Waals surface area contributed by atoms with Crippen LogP contribution in [0.1, 0.15) is 18.0 Å². The standard InChI is InChI=1S/C19H24O3Si/c1-14(20)17(19(21)22)18(15-10-6-4-7-11-15)23(2,3)16-12-8-5-9-13-16/h4-14,17-18,20H,1-3H3,(H,21,22). The van der Waals surface area contributed by atoms with E-state index in [2.05, 4.69) is 25.2 Å². The van der Waals surface area contributed by atoms with E-state index in [1.807, 2.05) is 48.5 Å². The maximum atomic E-state index is 11.9. The summed E-state index contributed by atoms with van der Waals surface area (Å²) < 4.78 is 0. The van der Waals surface area contributed by atoms with Crippen LogP contribution in [0.2, 0.25) is 13.1 Å². The van der Waals surface area contributed by atoms with Crippen LogP contribution in [0.25, 0.3) is 0 Å². The molecule has 0 saturated carbocycles. The molecule has 0 aliphatic rings. The van der Waals surface area contributed by atoms with E-state index in [-0.39, 0.29) is 5.54 Å². The summed E-state index contributed by atoms with van der Waals surface area (Å²) in [5, 5.41) is 21.1. The molecule has 0 heterocycles. The van der Waals surface area contributed by atoms with Gasteiger partial charge in [0.15, 0.2) is 0 Å². The van der Waals surface area contributed by atoms with Crippen LogP contribution >= 0.6 is 0 Å². The maximum absolute atomic E-state index is 11.9. The fourth-order valence-corrected chi connectivity index (χ4v) is 7.16. The third-order valence-corrected chi connectivity index (χ3v) is 8.69. The number of hydrogen-bond donors (Lipinski definition) is 2. The molecule has 2 aromatic rings. The molecule has 0 aliphatic heterocycles. The molecule has 2 aromatic carbocycles. The predicted molar refractivity (Wildman–Crippen MR) is 95.5 cm³/mol. The van der Waals surface area contributed by atoms with Gasteiger partial charge in [0.1, 0.15) is 0 Å². The Labute approximate surface area is 138 Å². The Morgan fingerprint density at radius 1 is 0.957 bits per heavy atom. The fourth-order valence-electron chi connectivity index (χ4n) is 3.41. The van der Waals surface area contributed by atoms with Crippen molar-refractivity contribution in [3.05, 3.63) is 66.2 Å². The van der Waals surface area contributed by atoms with Gasteiger partial charge in [-0.2, -0.15) is 0 Å². The first-order valence-electron chi connectivity index (χ1n) is 7.87. The smallest absolute Gasteiger partial charge is 0.309 e. The van der Waals surface area contributed by atoms with Gasteiger partial charge in [-0.15, -0.1) is 0 Å². The van der Waals surface area contributed by atoms with E-state index < -0.39 is 26.1 Å². The van der Waals surface area contributed by atoms with Crippen molar-refractivity contribution in [2.24, 2.45) is 5.92 Å². The molecule has 3 atom stereocenters. The molecule has 0 spiro atoms. The summed E-state index contributed by atoms with van der Waals surface area (Å²) in [7, 11) is -2.18. The Hall–Kier alpha value is -1.91. The molecule has 23 heavy (non-hydrogen) atoms. The summed E-state index contributed by atoms with van der Waals surface area (Å²) >= 11 is 0. The average Bonchev–Trinajstić information content (AvgIpc) is 2.53. The van der Waals surface area contributed by atoms with Crippen LogP contribution in [0.3, 0.4) is 0 Å². The number of carboxylic acid groups (broad SMARTS) is 1. The first kappa shape index (κ1) is 17.4. The predicted octanol–water partition coefficient (Wildman–Crippen LogP) is 3.01. The van der Waals surface area contributed by atoms with Crippen LogP contribution in [0.15, 0.2) is 60.7 Å². The van der Waals surface area contributed by atoms with Crippen molar-refractivity contribution in [3.63, 3.8) is 0 Å². The summed E-state index contributed by atoms with van der Waals surface area (Å²) in [6.07, 6.45) is -0.909. The van der Waals surface area contributed by atoms with Gasteiger partial charge in [-0.25, -0.2) is 0 Å². The van der Waals surface area contributed by atoms with Crippen LogP contribution in [0.4, 0.5) is 0 Å². The third kappa shape index (κ3) is 3.71. The molecule has 4 heteroatoms. The van der Waals surface area contributed by atoms with Crippen LogP contribution < -0.4 is 5.19 Å². The highest BCUT2D eigenvalue weighted by Gasteiger charge is 2.44. The van der Waals surface area contributed by atoms with Crippen molar-refractivity contribution in [2.45, 2.75) is 31.7 Å². The van der Waals surface area contributed by atoms with Crippen LogP contribution in [0.5, 0.6) is 0 Å². The number of aliphatic carboxylic acids is 1. The second-order valence-corrected chi connectivity index (χ2v) is 11.2. The van der Waals surface area contributed by atoms with Gasteiger partial charge in [-0.3, -0.25) is 4.79 Å². The van der Waals surface area contributed by atoms with E-state index in [0.717, 1.165) is 5.56 Å². The number of aliphatic hydroxyl groups excluding tert-OH is 1. The molecule has 0 saturated heterocycles. The third-order valence-electron chi connectivity index (χ3n) is 4.62. The second-order valence-electron chi connectivity index (χ2n) is 6.58. The monoisotopic (exact) mass is 328 g/mol. The Kier molecular flexibility index (Phi) is 5.39. The van der Waals surface area contributed by atoms with Gasteiger partial charge < -0.3 is 10.2 Å². The minimum absolute atomic E-state index is 0.205. The first-order chi connectivity index (χ1) is 10.9. The lowest BCUT2D eigenvalue weighted by Crippen LogP contribution is -2.53. The molecule has 0 fully saturated rings. The zero-order chi connectivity index (χ0) is 17.0. The first-order valence-corrected chi connectivity index (χ1v) is 10.9. The highest BCUT2D eigenvalue weighted by Crippen LogP contribution is 2.36. The van der Waals surface area contributed by atoms with Crippen molar-refractivity contribution in [1.29, 1.82) is 0 Å². The summed E-state index contributed by atoms with van der Waals surface area (Å²) in [4.78, 5) is 11.9. The minimum Gasteiger partial charge on any atom is -0.481 e. The number of benzene rings is 2. The molecular weight excluding hydrogens is 304 g/mol. The number of hydrogen-bond acceptors (Lipinski definition) is 2. The SMILES string of the molecule is CC(O)C(C(=O)O)C(c1ccccc1)[Si](C)(C)c1ccccc1. The lowest BCUT2D eigenvalue weighted by molar-refractivity contribution is -0.145. The zero-order valence-corrected chi connectivity index (χ0v) is 14.8. The molecule has 3 unspecified atom stereocenters. The van der Waals surface area contributed by atoms with E-state index in [4.69, 9.17) is 0 Å². The Bertz CT molecular complexity index is 638. The van der Waals surface area contributed by atoms with E-state index in [1.165, 1.54) is 5.19 Å². The number of rotatable bonds is 6. The molecular formula is C19H24O3Si. The number of carbonyl (C=O) groups is 1. The molecule has 2 N–H and O–H groups in total. The van der Waals surface area contributed by atoms with Crippen molar-refractivity contribution in [3.8, 4) is 0 Å². The number of carboxylic acids is 1. The molecule has 122 valence electrons. The van der Waals surface area contributed by atoms with Gasteiger partial charge in [0.25, 0.3) is 0 Å². The Balaban J connectivity index is 2.60. The van der Waals surface area contributed by atoms with Gasteiger partial charge in [0.2, 0.25) is 0 Å². The van der Waals surface area contributed by atoms with Crippen LogP contribution in [0, 0.1) is 5.92 Å². The summed E-state index contributed by atoms with van der Waals surface area (Å²) in [5.41, 5.74) is 0.782. The fraction of sp³-hybridized carbons (Fsp3) is 0.316. The van der Waals surface area contributed by atoms with Crippen molar-refractivity contribution in [2.75, 3.05) is 0 Å². The summed E-state index contributed by atoms with van der Waals surface area (Å²) in [6, 6.07) is 19.8. The van der Waals surface area contributed by atoms with E-state index in [9.17, 15) is 15.0 Å². The average molecular weight is 328 g/mol. The zero-order valence-electron chi connectivity index (χ0n) is 13.8. The molecule has 0 radical (unpaired) electrons. The Morgan fingerprint density at radius 3 is 1.87 bits per heavy atom. The second kappa shape index (κ2) is 7.11. The highest BCUT2D eigenvalue weighted by atomic mass is 28.3. The van der Waals surface area contributed by atoms with Gasteiger partial charge in [0.05, 0.1) is 20.1 Å². The molecule has 3 nitrogen and oxygen atoms in total. The van der Waals surface area contributed by atoms with Crippen LogP contribution in [-0.2, 0) is 4.79 Å². The largest absolute Gasteiger partial charge is 0.481 e. The van der Waals surface area contributed by atoms with Crippen molar-refractivity contribution in [1.82, 2.24) is 0 Å². The Morgan fingerprint density at radius 2 is 1.43 bits per heavy atom. The lowest BCUT2D eigenvalue weighted by atomic mass is 9.94. The lowest BCUT2D eigenvalue weighted by Gasteiger charge is -2.38. The van der Waals surface area contributed by atoms with Gasteiger partial charge in [-0.05, 0) is 18.0 Å². The quantitative estimate of drug-likeness (QED) is 0.802. The topological polar surface area (TPSA) is 57.5 Å². The van der Waals surface area contributed by atoms with Gasteiger partial charge >= 0.3 is 5.97 Å². The van der Waals surface area contributed by atoms with Crippen LogP contribution in [-0.4, -0.2) is 30.4 Å². The molecule has 2 rings (SSSR count). The molecule has 0 aliphatic carbocycles. The maximum Gasteiger partial charge on any atom is 0.309 e. The normalized spacial score (nSPS) is 15.7. The van der Waals surface area contributed by atoms with E-state index >= 15 is 0 Å². The van der Waals surface area contributed by atoms with E-state index in [1.54, 1.807) is 6.92 Å². The highest BCUT2D eigenvalue weighted by molar-refractivity contribution is 6.91. The van der Waals surface area contributed by atoms with Gasteiger partial charge in [-0.1, -0.05) is 78.9 Å². The summed E-state index contributed by atoms with van der Waals surface area (Å²) in [6.45, 7) is 5.93. The molecule has 0 amide bonds. The summed E-state index contributed by atoms with van der Waals surface area (Å²) in [5.74, 6) is -1.76.